The first-order valence-corrected chi connectivity index (χ1v) is 6.85. The predicted octanol–water partition coefficient (Wildman–Crippen LogP) is 1.38. The molecule has 2 rings (SSSR count). The molecule has 2 unspecified atom stereocenters. The van der Waals surface area contributed by atoms with Crippen molar-refractivity contribution < 1.29 is 4.79 Å². The van der Waals surface area contributed by atoms with Gasteiger partial charge in [0.1, 0.15) is 0 Å². The third-order valence-electron chi connectivity index (χ3n) is 4.08. The van der Waals surface area contributed by atoms with Crippen LogP contribution >= 0.6 is 24.8 Å². The van der Waals surface area contributed by atoms with Gasteiger partial charge in [-0.3, -0.25) is 4.79 Å². The van der Waals surface area contributed by atoms with Crippen molar-refractivity contribution in [1.82, 2.24) is 15.1 Å². The lowest BCUT2D eigenvalue weighted by Crippen LogP contribution is -2.52. The number of hydrogen-bond acceptors (Lipinski definition) is 3. The number of carbonyl (C=O) groups excluding carboxylic acids is 1. The minimum atomic E-state index is 0. The van der Waals surface area contributed by atoms with Gasteiger partial charge in [0, 0.05) is 32.1 Å². The van der Waals surface area contributed by atoms with Crippen LogP contribution in [-0.2, 0) is 4.79 Å². The van der Waals surface area contributed by atoms with E-state index in [4.69, 9.17) is 0 Å². The lowest BCUT2D eigenvalue weighted by molar-refractivity contribution is -0.135. The van der Waals surface area contributed by atoms with E-state index in [1.54, 1.807) is 0 Å². The normalized spacial score (nSPS) is 27.6. The van der Waals surface area contributed by atoms with Crippen LogP contribution in [0.25, 0.3) is 0 Å². The Hall–Kier alpha value is -0.0300. The SMILES string of the molecule is CC1CN(C)CCN1C(=O)CCC1CCNC1.Cl.Cl. The molecule has 6 heteroatoms. The largest absolute Gasteiger partial charge is 0.337 e. The quantitative estimate of drug-likeness (QED) is 0.855. The zero-order chi connectivity index (χ0) is 12.3. The number of amides is 1. The molecule has 0 bridgehead atoms. The third-order valence-corrected chi connectivity index (χ3v) is 4.08. The van der Waals surface area contributed by atoms with Crippen LogP contribution in [0.4, 0.5) is 0 Å². The first kappa shape index (κ1) is 19.0. The number of piperazine rings is 1. The van der Waals surface area contributed by atoms with Gasteiger partial charge in [0.25, 0.3) is 0 Å². The van der Waals surface area contributed by atoms with Crippen molar-refractivity contribution in [3.05, 3.63) is 0 Å². The lowest BCUT2D eigenvalue weighted by Gasteiger charge is -2.38. The fourth-order valence-corrected chi connectivity index (χ4v) is 2.94. The molecule has 1 N–H and O–H groups in total. The molecule has 2 aliphatic heterocycles. The van der Waals surface area contributed by atoms with Gasteiger partial charge in [0.2, 0.25) is 5.91 Å². The van der Waals surface area contributed by atoms with E-state index < -0.39 is 0 Å². The van der Waals surface area contributed by atoms with Crippen LogP contribution in [0.15, 0.2) is 0 Å². The number of nitrogens with zero attached hydrogens (tertiary/aromatic N) is 2. The first-order valence-electron chi connectivity index (χ1n) is 6.85. The molecule has 1 amide bonds. The molecule has 0 spiro atoms. The number of likely N-dealkylation sites (N-methyl/N-ethyl adjacent to an activating group) is 1. The van der Waals surface area contributed by atoms with Crippen molar-refractivity contribution in [3.63, 3.8) is 0 Å². The maximum absolute atomic E-state index is 12.2. The Kier molecular flexibility index (Phi) is 8.99. The molecule has 2 saturated heterocycles. The number of nitrogens with one attached hydrogen (secondary N) is 1. The van der Waals surface area contributed by atoms with Crippen LogP contribution in [0.5, 0.6) is 0 Å². The summed E-state index contributed by atoms with van der Waals surface area (Å²) in [4.78, 5) is 16.5. The summed E-state index contributed by atoms with van der Waals surface area (Å²) in [7, 11) is 2.13. The van der Waals surface area contributed by atoms with Crippen molar-refractivity contribution in [2.45, 2.75) is 32.2 Å². The van der Waals surface area contributed by atoms with Gasteiger partial charge in [-0.1, -0.05) is 0 Å². The highest BCUT2D eigenvalue weighted by molar-refractivity contribution is 5.85. The predicted molar refractivity (Wildman–Crippen MR) is 83.4 cm³/mol. The summed E-state index contributed by atoms with van der Waals surface area (Å²) in [5, 5.41) is 3.36. The van der Waals surface area contributed by atoms with Gasteiger partial charge in [-0.25, -0.2) is 0 Å². The average molecular weight is 312 g/mol. The molecule has 2 fully saturated rings. The van der Waals surface area contributed by atoms with Crippen LogP contribution in [0.3, 0.4) is 0 Å². The second kappa shape index (κ2) is 9.01. The summed E-state index contributed by atoms with van der Waals surface area (Å²) in [6, 6.07) is 0.378. The van der Waals surface area contributed by atoms with Crippen molar-refractivity contribution in [2.75, 3.05) is 39.8 Å². The van der Waals surface area contributed by atoms with E-state index in [1.807, 2.05) is 0 Å². The minimum Gasteiger partial charge on any atom is -0.337 e. The van der Waals surface area contributed by atoms with Gasteiger partial charge >= 0.3 is 0 Å². The van der Waals surface area contributed by atoms with Crippen molar-refractivity contribution >= 4 is 30.7 Å². The second-order valence-corrected chi connectivity index (χ2v) is 5.60. The van der Waals surface area contributed by atoms with Crippen LogP contribution in [-0.4, -0.2) is 61.5 Å². The molecule has 0 saturated carbocycles. The van der Waals surface area contributed by atoms with Gasteiger partial charge < -0.3 is 15.1 Å². The molecule has 2 heterocycles. The molecule has 19 heavy (non-hydrogen) atoms. The van der Waals surface area contributed by atoms with E-state index >= 15 is 0 Å². The highest BCUT2D eigenvalue weighted by atomic mass is 35.5. The van der Waals surface area contributed by atoms with E-state index in [0.717, 1.165) is 51.5 Å². The number of rotatable bonds is 3. The Bertz CT molecular complexity index is 273. The number of carbonyl (C=O) groups is 1. The van der Waals surface area contributed by atoms with Crippen LogP contribution in [0.1, 0.15) is 26.2 Å². The monoisotopic (exact) mass is 311 g/mol. The van der Waals surface area contributed by atoms with E-state index in [9.17, 15) is 4.79 Å². The summed E-state index contributed by atoms with van der Waals surface area (Å²) in [5.74, 6) is 1.08. The minimum absolute atomic E-state index is 0. The Morgan fingerprint density at radius 3 is 2.63 bits per heavy atom. The Balaban J connectivity index is 0.00000162. The van der Waals surface area contributed by atoms with Gasteiger partial charge in [-0.15, -0.1) is 24.8 Å². The fraction of sp³-hybridized carbons (Fsp3) is 0.923. The lowest BCUT2D eigenvalue weighted by atomic mass is 10.0. The number of hydrogen-bond donors (Lipinski definition) is 1. The Morgan fingerprint density at radius 2 is 2.05 bits per heavy atom. The summed E-state index contributed by atoms with van der Waals surface area (Å²) in [6.07, 6.45) is 3.04. The van der Waals surface area contributed by atoms with Crippen molar-refractivity contribution in [3.8, 4) is 0 Å². The van der Waals surface area contributed by atoms with Gasteiger partial charge in [0.15, 0.2) is 0 Å². The van der Waals surface area contributed by atoms with Gasteiger partial charge in [-0.05, 0) is 45.8 Å². The molecule has 0 aromatic heterocycles. The fourth-order valence-electron chi connectivity index (χ4n) is 2.94. The topological polar surface area (TPSA) is 35.6 Å². The molecule has 0 radical (unpaired) electrons. The molecule has 0 aliphatic carbocycles. The molecular formula is C13H27Cl2N3O. The molecule has 0 aromatic rings. The first-order chi connectivity index (χ1) is 8.16. The van der Waals surface area contributed by atoms with Crippen molar-refractivity contribution in [2.24, 2.45) is 5.92 Å². The summed E-state index contributed by atoms with van der Waals surface area (Å²) >= 11 is 0. The highest BCUT2D eigenvalue weighted by Crippen LogP contribution is 2.17. The maximum Gasteiger partial charge on any atom is 0.222 e. The zero-order valence-electron chi connectivity index (χ0n) is 11.9. The van der Waals surface area contributed by atoms with Crippen LogP contribution in [0.2, 0.25) is 0 Å². The molecule has 4 nitrogen and oxygen atoms in total. The standard InChI is InChI=1S/C13H25N3O.2ClH/c1-11-10-15(2)7-8-16(11)13(17)4-3-12-5-6-14-9-12;;/h11-12,14H,3-10H2,1-2H3;2*1H. The van der Waals surface area contributed by atoms with E-state index in [-0.39, 0.29) is 24.8 Å². The van der Waals surface area contributed by atoms with E-state index in [0.29, 0.717) is 11.9 Å². The van der Waals surface area contributed by atoms with E-state index in [2.05, 4.69) is 29.1 Å². The molecule has 114 valence electrons. The molecule has 2 atom stereocenters. The number of halogens is 2. The van der Waals surface area contributed by atoms with Gasteiger partial charge in [0.05, 0.1) is 0 Å². The maximum atomic E-state index is 12.2. The molecule has 0 aromatic carbocycles. The Morgan fingerprint density at radius 1 is 1.32 bits per heavy atom. The Labute approximate surface area is 129 Å². The van der Waals surface area contributed by atoms with Crippen LogP contribution < -0.4 is 5.32 Å². The summed E-state index contributed by atoms with van der Waals surface area (Å²) in [5.41, 5.74) is 0. The van der Waals surface area contributed by atoms with Crippen LogP contribution in [0, 0.1) is 5.92 Å². The zero-order valence-corrected chi connectivity index (χ0v) is 13.6. The summed E-state index contributed by atoms with van der Waals surface area (Å²) in [6.45, 7) is 7.32. The molecular weight excluding hydrogens is 285 g/mol. The second-order valence-electron chi connectivity index (χ2n) is 5.60. The highest BCUT2D eigenvalue weighted by Gasteiger charge is 2.26. The smallest absolute Gasteiger partial charge is 0.222 e. The van der Waals surface area contributed by atoms with Crippen molar-refractivity contribution in [1.29, 1.82) is 0 Å². The third kappa shape index (κ3) is 5.46. The average Bonchev–Trinajstić information content (AvgIpc) is 2.78. The molecule has 2 aliphatic rings. The summed E-state index contributed by atoms with van der Waals surface area (Å²) < 4.78 is 0. The van der Waals surface area contributed by atoms with E-state index in [1.165, 1.54) is 6.42 Å². The van der Waals surface area contributed by atoms with Gasteiger partial charge in [-0.2, -0.15) is 0 Å².